The number of carbonyl (C=O) groups is 2. The summed E-state index contributed by atoms with van der Waals surface area (Å²) in [6.45, 7) is 4.19. The van der Waals surface area contributed by atoms with E-state index >= 15 is 0 Å². The first-order valence-corrected chi connectivity index (χ1v) is 7.50. The zero-order valence-electron chi connectivity index (χ0n) is 13.2. The molecule has 23 heavy (non-hydrogen) atoms. The number of aryl methyl sites for hydroxylation is 2. The summed E-state index contributed by atoms with van der Waals surface area (Å²) in [4.78, 5) is 35.3. The Labute approximate surface area is 133 Å². The topological polar surface area (TPSA) is 119 Å². The highest BCUT2D eigenvalue weighted by molar-refractivity contribution is 5.78. The second-order valence-corrected chi connectivity index (χ2v) is 5.77. The van der Waals surface area contributed by atoms with Gasteiger partial charge in [-0.1, -0.05) is 0 Å². The molecule has 1 unspecified atom stereocenters. The number of aliphatic carboxylic acids is 1. The molecule has 1 aliphatic heterocycles. The SMILES string of the molecule is Cc1nn(CCC(=O)N2CCCC(C(=O)O)C2)c(C)c1[N+](=O)[O-]. The van der Waals surface area contributed by atoms with Crippen molar-refractivity contribution in [3.05, 3.63) is 21.5 Å². The van der Waals surface area contributed by atoms with E-state index in [1.165, 1.54) is 4.68 Å². The van der Waals surface area contributed by atoms with Crippen LogP contribution in [0.4, 0.5) is 5.69 Å². The van der Waals surface area contributed by atoms with E-state index in [1.807, 2.05) is 0 Å². The molecule has 9 nitrogen and oxygen atoms in total. The highest BCUT2D eigenvalue weighted by Gasteiger charge is 2.28. The number of carboxylic acid groups (broad SMARTS) is 1. The van der Waals surface area contributed by atoms with Gasteiger partial charge in [0.15, 0.2) is 0 Å². The summed E-state index contributed by atoms with van der Waals surface area (Å²) >= 11 is 0. The molecular weight excluding hydrogens is 304 g/mol. The van der Waals surface area contributed by atoms with Crippen molar-refractivity contribution in [2.45, 2.75) is 39.7 Å². The van der Waals surface area contributed by atoms with Gasteiger partial charge in [-0.3, -0.25) is 24.4 Å². The molecule has 0 radical (unpaired) electrons. The number of carboxylic acids is 1. The molecule has 1 N–H and O–H groups in total. The van der Waals surface area contributed by atoms with Gasteiger partial charge in [0.2, 0.25) is 5.91 Å². The lowest BCUT2D eigenvalue weighted by Gasteiger charge is -2.30. The number of hydrogen-bond acceptors (Lipinski definition) is 5. The van der Waals surface area contributed by atoms with Crippen LogP contribution in [0.15, 0.2) is 0 Å². The molecule has 0 aliphatic carbocycles. The second-order valence-electron chi connectivity index (χ2n) is 5.77. The van der Waals surface area contributed by atoms with Crippen molar-refractivity contribution in [2.24, 2.45) is 5.92 Å². The van der Waals surface area contributed by atoms with E-state index in [-0.39, 0.29) is 31.1 Å². The molecule has 1 atom stereocenters. The van der Waals surface area contributed by atoms with Crippen LogP contribution in [0.5, 0.6) is 0 Å². The zero-order valence-corrected chi connectivity index (χ0v) is 13.2. The van der Waals surface area contributed by atoms with E-state index < -0.39 is 16.8 Å². The number of carbonyl (C=O) groups excluding carboxylic acids is 1. The minimum Gasteiger partial charge on any atom is -0.481 e. The number of amides is 1. The Morgan fingerprint density at radius 3 is 2.70 bits per heavy atom. The lowest BCUT2D eigenvalue weighted by Crippen LogP contribution is -2.42. The summed E-state index contributed by atoms with van der Waals surface area (Å²) in [6, 6.07) is 0. The van der Waals surface area contributed by atoms with Crippen LogP contribution in [-0.4, -0.2) is 49.7 Å². The molecule has 0 aromatic carbocycles. The van der Waals surface area contributed by atoms with Gasteiger partial charge in [0, 0.05) is 19.5 Å². The molecule has 2 heterocycles. The first-order valence-electron chi connectivity index (χ1n) is 7.50. The summed E-state index contributed by atoms with van der Waals surface area (Å²) in [5, 5.41) is 24.1. The van der Waals surface area contributed by atoms with Crippen molar-refractivity contribution in [1.82, 2.24) is 14.7 Å². The van der Waals surface area contributed by atoms with Crippen LogP contribution >= 0.6 is 0 Å². The fourth-order valence-electron chi connectivity index (χ4n) is 2.93. The van der Waals surface area contributed by atoms with Crippen LogP contribution < -0.4 is 0 Å². The van der Waals surface area contributed by atoms with Crippen molar-refractivity contribution in [1.29, 1.82) is 0 Å². The van der Waals surface area contributed by atoms with Crippen molar-refractivity contribution in [2.75, 3.05) is 13.1 Å². The molecule has 1 aromatic heterocycles. The van der Waals surface area contributed by atoms with Crippen LogP contribution in [0, 0.1) is 29.9 Å². The normalized spacial score (nSPS) is 18.0. The number of likely N-dealkylation sites (tertiary alicyclic amines) is 1. The fraction of sp³-hybridized carbons (Fsp3) is 0.643. The molecule has 0 bridgehead atoms. The number of piperidine rings is 1. The summed E-state index contributed by atoms with van der Waals surface area (Å²) in [7, 11) is 0. The second kappa shape index (κ2) is 6.76. The quantitative estimate of drug-likeness (QED) is 0.640. The Hall–Kier alpha value is -2.45. The van der Waals surface area contributed by atoms with Gasteiger partial charge in [-0.05, 0) is 26.7 Å². The van der Waals surface area contributed by atoms with Crippen LogP contribution in [-0.2, 0) is 16.1 Å². The van der Waals surface area contributed by atoms with Gasteiger partial charge in [0.05, 0.1) is 17.4 Å². The Kier molecular flexibility index (Phi) is 4.97. The zero-order chi connectivity index (χ0) is 17.1. The first-order chi connectivity index (χ1) is 10.8. The molecule has 1 amide bonds. The van der Waals surface area contributed by atoms with E-state index in [1.54, 1.807) is 18.7 Å². The van der Waals surface area contributed by atoms with Crippen molar-refractivity contribution < 1.29 is 19.6 Å². The van der Waals surface area contributed by atoms with Crippen LogP contribution in [0.2, 0.25) is 0 Å². The van der Waals surface area contributed by atoms with Gasteiger partial charge in [-0.25, -0.2) is 0 Å². The maximum atomic E-state index is 12.2. The number of hydrogen-bond donors (Lipinski definition) is 1. The Morgan fingerprint density at radius 1 is 1.43 bits per heavy atom. The predicted octanol–water partition coefficient (Wildman–Crippen LogP) is 1.12. The summed E-state index contributed by atoms with van der Waals surface area (Å²) in [5.74, 6) is -1.54. The smallest absolute Gasteiger partial charge is 0.312 e. The van der Waals surface area contributed by atoms with Gasteiger partial charge in [0.25, 0.3) is 0 Å². The molecule has 1 fully saturated rings. The third-order valence-electron chi connectivity index (χ3n) is 4.19. The van der Waals surface area contributed by atoms with Crippen LogP contribution in [0.3, 0.4) is 0 Å². The Bertz CT molecular complexity index is 639. The fourth-order valence-corrected chi connectivity index (χ4v) is 2.93. The maximum absolute atomic E-state index is 12.2. The minimum absolute atomic E-state index is 0.0265. The van der Waals surface area contributed by atoms with E-state index in [9.17, 15) is 19.7 Å². The van der Waals surface area contributed by atoms with Gasteiger partial charge in [0.1, 0.15) is 11.4 Å². The molecule has 1 aromatic rings. The molecule has 0 saturated carbocycles. The number of rotatable bonds is 5. The molecule has 9 heteroatoms. The van der Waals surface area contributed by atoms with E-state index in [0.29, 0.717) is 30.8 Å². The van der Waals surface area contributed by atoms with Gasteiger partial charge < -0.3 is 10.0 Å². The number of aromatic nitrogens is 2. The monoisotopic (exact) mass is 324 g/mol. The number of nitrogens with zero attached hydrogens (tertiary/aromatic N) is 4. The lowest BCUT2D eigenvalue weighted by atomic mass is 9.98. The third kappa shape index (κ3) is 3.66. The molecule has 126 valence electrons. The number of nitro groups is 1. The molecule has 1 saturated heterocycles. The predicted molar refractivity (Wildman–Crippen MR) is 79.9 cm³/mol. The van der Waals surface area contributed by atoms with Gasteiger partial charge >= 0.3 is 11.7 Å². The van der Waals surface area contributed by atoms with Crippen LogP contribution in [0.1, 0.15) is 30.7 Å². The summed E-state index contributed by atoms with van der Waals surface area (Å²) in [6.07, 6.45) is 1.41. The van der Waals surface area contributed by atoms with Gasteiger partial charge in [-0.15, -0.1) is 0 Å². The summed E-state index contributed by atoms with van der Waals surface area (Å²) < 4.78 is 1.46. The Balaban J connectivity index is 1.98. The molecule has 0 spiro atoms. The standard InChI is InChI=1S/C14H20N4O5/c1-9-13(18(22)23)10(2)17(15-9)7-5-12(19)16-6-3-4-11(8-16)14(20)21/h11H,3-8H2,1-2H3,(H,20,21). The minimum atomic E-state index is -0.878. The first kappa shape index (κ1) is 16.9. The van der Waals surface area contributed by atoms with Gasteiger partial charge in [-0.2, -0.15) is 5.10 Å². The van der Waals surface area contributed by atoms with Crippen molar-refractivity contribution >= 4 is 17.6 Å². The van der Waals surface area contributed by atoms with E-state index in [2.05, 4.69) is 5.10 Å². The molecule has 1 aliphatic rings. The highest BCUT2D eigenvalue weighted by Crippen LogP contribution is 2.22. The van der Waals surface area contributed by atoms with E-state index in [0.717, 1.165) is 0 Å². The highest BCUT2D eigenvalue weighted by atomic mass is 16.6. The average Bonchev–Trinajstić information content (AvgIpc) is 2.79. The van der Waals surface area contributed by atoms with Crippen molar-refractivity contribution in [3.8, 4) is 0 Å². The third-order valence-corrected chi connectivity index (χ3v) is 4.19. The molecule has 2 rings (SSSR count). The summed E-state index contributed by atoms with van der Waals surface area (Å²) in [5.41, 5.74) is 0.715. The van der Waals surface area contributed by atoms with Crippen LogP contribution in [0.25, 0.3) is 0 Å². The van der Waals surface area contributed by atoms with Crippen molar-refractivity contribution in [3.63, 3.8) is 0 Å². The lowest BCUT2D eigenvalue weighted by molar-refractivity contribution is -0.386. The average molecular weight is 324 g/mol. The largest absolute Gasteiger partial charge is 0.481 e. The Morgan fingerprint density at radius 2 is 2.13 bits per heavy atom. The molecular formula is C14H20N4O5. The maximum Gasteiger partial charge on any atom is 0.312 e. The van der Waals surface area contributed by atoms with E-state index in [4.69, 9.17) is 5.11 Å².